The van der Waals surface area contributed by atoms with Crippen molar-refractivity contribution >= 4 is 39.3 Å². The lowest BCUT2D eigenvalue weighted by atomic mass is 10.0. The van der Waals surface area contributed by atoms with Crippen molar-refractivity contribution < 1.29 is 8.83 Å². The van der Waals surface area contributed by atoms with Gasteiger partial charge in [0.1, 0.15) is 11.2 Å². The Morgan fingerprint density at radius 1 is 1.07 bits per heavy atom. The lowest BCUT2D eigenvalue weighted by Gasteiger charge is -2.08. The monoisotopic (exact) mass is 389 g/mol. The number of hydrogen-bond donors (Lipinski definition) is 2. The molecule has 1 aliphatic rings. The Labute approximate surface area is 167 Å². The van der Waals surface area contributed by atoms with E-state index in [4.69, 9.17) is 21.1 Å². The van der Waals surface area contributed by atoms with Crippen LogP contribution in [0, 0.1) is 6.92 Å². The zero-order chi connectivity index (χ0) is 19.1. The van der Waals surface area contributed by atoms with Gasteiger partial charge in [0.25, 0.3) is 0 Å². The summed E-state index contributed by atoms with van der Waals surface area (Å²) in [6.07, 6.45) is 4.07. The second-order valence-electron chi connectivity index (χ2n) is 7.10. The number of aryl methyl sites for hydroxylation is 1. The highest BCUT2D eigenvalue weighted by Crippen LogP contribution is 2.32. The summed E-state index contributed by atoms with van der Waals surface area (Å²) in [4.78, 5) is 0. The molecule has 1 fully saturated rings. The van der Waals surface area contributed by atoms with Crippen molar-refractivity contribution in [1.82, 2.24) is 10.7 Å². The summed E-state index contributed by atoms with van der Waals surface area (Å²) in [5.41, 5.74) is 8.09. The van der Waals surface area contributed by atoms with Crippen LogP contribution < -0.4 is 16.3 Å². The molecule has 5 nitrogen and oxygen atoms in total. The van der Waals surface area contributed by atoms with Gasteiger partial charge in [-0.3, -0.25) is 5.43 Å². The van der Waals surface area contributed by atoms with Crippen LogP contribution in [0.15, 0.2) is 68.7 Å². The number of nitrogens with zero attached hydrogens (tertiary/aromatic N) is 1. The van der Waals surface area contributed by atoms with Crippen LogP contribution in [0.1, 0.15) is 18.4 Å². The fraction of sp³-hybridized carbons (Fsp3) is 0.182. The zero-order valence-corrected chi connectivity index (χ0v) is 16.2. The van der Waals surface area contributed by atoms with Gasteiger partial charge < -0.3 is 14.2 Å². The molecule has 0 bridgehead atoms. The maximum absolute atomic E-state index is 6.04. The molecule has 0 saturated heterocycles. The Balaban J connectivity index is 1.67. The highest BCUT2D eigenvalue weighted by molar-refractivity contribution is 7.80. The molecule has 5 rings (SSSR count). The number of hydrogen-bond acceptors (Lipinski definition) is 4. The third-order valence-electron chi connectivity index (χ3n) is 4.91. The molecular weight excluding hydrogens is 370 g/mol. The average molecular weight is 389 g/mol. The molecule has 0 radical (unpaired) electrons. The fourth-order valence-electron chi connectivity index (χ4n) is 3.28. The molecule has 1 saturated carbocycles. The van der Waals surface area contributed by atoms with Gasteiger partial charge in [-0.15, -0.1) is 5.10 Å². The van der Waals surface area contributed by atoms with Crippen LogP contribution in [0.3, 0.4) is 0 Å². The molecule has 0 amide bonds. The quantitative estimate of drug-likeness (QED) is 0.396. The van der Waals surface area contributed by atoms with Gasteiger partial charge in [-0.05, 0) is 54.7 Å². The normalized spacial score (nSPS) is 14.5. The molecular formula is C22H19N3O2S. The summed E-state index contributed by atoms with van der Waals surface area (Å²) in [6, 6.07) is 16.7. The van der Waals surface area contributed by atoms with Crippen molar-refractivity contribution in [3.8, 4) is 11.1 Å². The van der Waals surface area contributed by atoms with Gasteiger partial charge >= 0.3 is 0 Å². The Bertz CT molecular complexity index is 1250. The summed E-state index contributed by atoms with van der Waals surface area (Å²) >= 11 is 5.28. The third-order valence-corrected chi connectivity index (χ3v) is 5.12. The summed E-state index contributed by atoms with van der Waals surface area (Å²) in [5, 5.41) is 10.2. The van der Waals surface area contributed by atoms with Gasteiger partial charge in [0.05, 0.1) is 6.26 Å². The molecule has 28 heavy (non-hydrogen) atoms. The van der Waals surface area contributed by atoms with E-state index >= 15 is 0 Å². The first-order valence-corrected chi connectivity index (χ1v) is 9.69. The van der Waals surface area contributed by atoms with Crippen molar-refractivity contribution in [2.75, 3.05) is 0 Å². The van der Waals surface area contributed by atoms with Gasteiger partial charge in [0.15, 0.2) is 5.11 Å². The highest BCUT2D eigenvalue weighted by Gasteiger charge is 2.21. The van der Waals surface area contributed by atoms with E-state index in [-0.39, 0.29) is 0 Å². The molecule has 6 heteroatoms. The van der Waals surface area contributed by atoms with Crippen molar-refractivity contribution in [2.24, 2.45) is 5.10 Å². The van der Waals surface area contributed by atoms with Crippen LogP contribution in [0.4, 0.5) is 0 Å². The molecule has 0 aliphatic heterocycles. The van der Waals surface area contributed by atoms with Gasteiger partial charge in [0, 0.05) is 28.9 Å². The van der Waals surface area contributed by atoms with Crippen LogP contribution in [-0.4, -0.2) is 11.2 Å². The van der Waals surface area contributed by atoms with Gasteiger partial charge in [-0.1, -0.05) is 30.3 Å². The molecule has 2 aromatic heterocycles. The summed E-state index contributed by atoms with van der Waals surface area (Å²) in [5.74, 6) is 0. The topological polar surface area (TPSA) is 62.7 Å². The van der Waals surface area contributed by atoms with Crippen molar-refractivity contribution in [2.45, 2.75) is 25.8 Å². The Morgan fingerprint density at radius 3 is 2.68 bits per heavy atom. The van der Waals surface area contributed by atoms with Crippen LogP contribution in [-0.2, 0) is 0 Å². The number of nitrogens with one attached hydrogen (secondary N) is 2. The van der Waals surface area contributed by atoms with Crippen molar-refractivity contribution in [3.05, 3.63) is 65.9 Å². The fourth-order valence-corrected chi connectivity index (χ4v) is 3.50. The minimum atomic E-state index is 0.453. The zero-order valence-electron chi connectivity index (χ0n) is 15.4. The molecule has 2 N–H and O–H groups in total. The van der Waals surface area contributed by atoms with Crippen LogP contribution in [0.25, 0.3) is 33.1 Å². The van der Waals surface area contributed by atoms with Gasteiger partial charge in [-0.25, -0.2) is 0 Å². The molecule has 2 aromatic carbocycles. The minimum Gasteiger partial charge on any atom is -0.464 e. The lowest BCUT2D eigenvalue weighted by molar-refractivity contribution is 0.529. The SMILES string of the molecule is Cc1coc2cc3oc(=NNC(=S)NC4CC4)cc(-c4ccccc4)c3cc12. The third kappa shape index (κ3) is 3.27. The Kier molecular flexibility index (Phi) is 4.13. The highest BCUT2D eigenvalue weighted by atomic mass is 32.1. The Hall–Kier alpha value is -3.12. The number of rotatable bonds is 3. The predicted octanol–water partition coefficient (Wildman–Crippen LogP) is 4.60. The number of thiocarbonyl (C=S) groups is 1. The molecule has 1 aliphatic carbocycles. The van der Waals surface area contributed by atoms with Crippen LogP contribution in [0.2, 0.25) is 0 Å². The number of fused-ring (bicyclic) bond motifs is 2. The van der Waals surface area contributed by atoms with Crippen LogP contribution in [0.5, 0.6) is 0 Å². The number of furan rings is 1. The van der Waals surface area contributed by atoms with E-state index in [1.807, 2.05) is 37.3 Å². The molecule has 2 heterocycles. The second-order valence-corrected chi connectivity index (χ2v) is 7.51. The van der Waals surface area contributed by atoms with E-state index in [0.29, 0.717) is 22.3 Å². The van der Waals surface area contributed by atoms with Gasteiger partial charge in [0.2, 0.25) is 5.55 Å². The van der Waals surface area contributed by atoms with E-state index in [1.165, 1.54) is 0 Å². The maximum atomic E-state index is 6.04. The predicted molar refractivity (Wildman–Crippen MR) is 114 cm³/mol. The molecule has 0 atom stereocenters. The smallest absolute Gasteiger partial charge is 0.237 e. The molecule has 0 spiro atoms. The minimum absolute atomic E-state index is 0.453. The average Bonchev–Trinajstić information content (AvgIpc) is 3.46. The number of benzene rings is 2. The molecule has 0 unspecified atom stereocenters. The van der Waals surface area contributed by atoms with Crippen LogP contribution >= 0.6 is 12.2 Å². The van der Waals surface area contributed by atoms with Gasteiger partial charge in [-0.2, -0.15) is 0 Å². The van der Waals surface area contributed by atoms with Crippen molar-refractivity contribution in [1.29, 1.82) is 0 Å². The second kappa shape index (κ2) is 6.80. The summed E-state index contributed by atoms with van der Waals surface area (Å²) < 4.78 is 11.7. The van der Waals surface area contributed by atoms with E-state index < -0.39 is 0 Å². The van der Waals surface area contributed by atoms with Crippen molar-refractivity contribution in [3.63, 3.8) is 0 Å². The first kappa shape index (κ1) is 17.0. The largest absolute Gasteiger partial charge is 0.464 e. The van der Waals surface area contributed by atoms with E-state index in [9.17, 15) is 0 Å². The first-order chi connectivity index (χ1) is 13.7. The lowest BCUT2D eigenvalue weighted by Crippen LogP contribution is -2.34. The first-order valence-electron chi connectivity index (χ1n) is 9.29. The maximum Gasteiger partial charge on any atom is 0.237 e. The Morgan fingerprint density at radius 2 is 1.89 bits per heavy atom. The van der Waals surface area contributed by atoms with E-state index in [0.717, 1.165) is 45.9 Å². The van der Waals surface area contributed by atoms with E-state index in [1.54, 1.807) is 6.26 Å². The molecule has 140 valence electrons. The summed E-state index contributed by atoms with van der Waals surface area (Å²) in [6.45, 7) is 2.04. The standard InChI is InChI=1S/C22H19N3O2S/c1-13-12-26-19-11-20-18(9-16(13)19)17(14-5-3-2-4-6-14)10-21(27-20)24-25-22(28)23-15-7-8-15/h2-6,9-12,15H,7-8H2,1H3,(H2,23,25,28). The summed E-state index contributed by atoms with van der Waals surface area (Å²) in [7, 11) is 0. The van der Waals surface area contributed by atoms with E-state index in [2.05, 4.69) is 34.0 Å². The molecule has 4 aromatic rings.